The number of nitrogens with zero attached hydrogens (tertiary/aromatic N) is 4. The first kappa shape index (κ1) is 17.4. The molecular formula is C24H18N4. The Bertz CT molecular complexity index is 1150. The average Bonchev–Trinajstić information content (AvgIpc) is 3.18. The molecular weight excluding hydrogens is 344 g/mol. The van der Waals surface area contributed by atoms with Crippen LogP contribution in [0.15, 0.2) is 85.2 Å². The summed E-state index contributed by atoms with van der Waals surface area (Å²) in [5, 5.41) is 14.5. The fraction of sp³-hybridized carbons (Fsp3) is 0.0417. The second kappa shape index (κ2) is 7.73. The monoisotopic (exact) mass is 362 g/mol. The molecule has 4 nitrogen and oxygen atoms in total. The van der Waals surface area contributed by atoms with E-state index in [4.69, 9.17) is 5.10 Å². The third-order valence-electron chi connectivity index (χ3n) is 4.45. The van der Waals surface area contributed by atoms with Crippen LogP contribution >= 0.6 is 0 Å². The minimum absolute atomic E-state index is 0.501. The third-order valence-corrected chi connectivity index (χ3v) is 4.45. The van der Waals surface area contributed by atoms with E-state index in [1.54, 1.807) is 6.20 Å². The van der Waals surface area contributed by atoms with Crippen LogP contribution in [0.3, 0.4) is 0 Å². The van der Waals surface area contributed by atoms with E-state index in [1.807, 2.05) is 65.5 Å². The maximum atomic E-state index is 9.68. The molecule has 0 aliphatic carbocycles. The van der Waals surface area contributed by atoms with Crippen LogP contribution in [0.25, 0.3) is 28.6 Å². The Kier molecular flexibility index (Phi) is 4.81. The number of rotatable bonds is 4. The van der Waals surface area contributed by atoms with Gasteiger partial charge in [0, 0.05) is 23.5 Å². The summed E-state index contributed by atoms with van der Waals surface area (Å²) in [5.74, 6) is 0. The molecule has 4 rings (SSSR count). The van der Waals surface area contributed by atoms with Crippen molar-refractivity contribution in [3.63, 3.8) is 0 Å². The summed E-state index contributed by atoms with van der Waals surface area (Å²) in [6, 6.07) is 26.0. The molecule has 0 unspecified atom stereocenters. The number of allylic oxidation sites excluding steroid dienone is 1. The summed E-state index contributed by atoms with van der Waals surface area (Å²) in [6.45, 7) is 2.06. The summed E-state index contributed by atoms with van der Waals surface area (Å²) < 4.78 is 1.84. The predicted octanol–water partition coefficient (Wildman–Crippen LogP) is 5.31. The maximum Gasteiger partial charge on any atom is 0.101 e. The third kappa shape index (κ3) is 3.60. The zero-order valence-electron chi connectivity index (χ0n) is 15.4. The lowest BCUT2D eigenvalue weighted by molar-refractivity contribution is 0.884. The van der Waals surface area contributed by atoms with E-state index in [1.165, 1.54) is 5.56 Å². The van der Waals surface area contributed by atoms with Crippen LogP contribution in [0, 0.1) is 18.3 Å². The molecule has 134 valence electrons. The van der Waals surface area contributed by atoms with Gasteiger partial charge in [-0.25, -0.2) is 4.68 Å². The normalized spacial score (nSPS) is 11.2. The number of aryl methyl sites for hydroxylation is 1. The van der Waals surface area contributed by atoms with Gasteiger partial charge in [0.05, 0.1) is 22.6 Å². The lowest BCUT2D eigenvalue weighted by atomic mass is 10.0. The molecule has 2 aromatic carbocycles. The van der Waals surface area contributed by atoms with Crippen LogP contribution in [-0.4, -0.2) is 14.8 Å². The molecule has 0 fully saturated rings. The minimum atomic E-state index is 0.501. The molecule has 4 heteroatoms. The van der Waals surface area contributed by atoms with Crippen molar-refractivity contribution in [3.05, 3.63) is 102 Å². The van der Waals surface area contributed by atoms with Crippen LogP contribution in [-0.2, 0) is 0 Å². The van der Waals surface area contributed by atoms with Gasteiger partial charge in [0.1, 0.15) is 6.07 Å². The molecule has 0 atom stereocenters. The second-order valence-electron chi connectivity index (χ2n) is 6.46. The van der Waals surface area contributed by atoms with E-state index in [0.717, 1.165) is 22.5 Å². The quantitative estimate of drug-likeness (QED) is 0.463. The molecule has 0 radical (unpaired) electrons. The first-order chi connectivity index (χ1) is 13.7. The van der Waals surface area contributed by atoms with Crippen molar-refractivity contribution in [1.29, 1.82) is 5.26 Å². The molecule has 2 aromatic heterocycles. The van der Waals surface area contributed by atoms with E-state index in [2.05, 4.69) is 42.2 Å². The van der Waals surface area contributed by atoms with Crippen LogP contribution in [0.2, 0.25) is 0 Å². The summed E-state index contributed by atoms with van der Waals surface area (Å²) in [6.07, 6.45) is 5.49. The van der Waals surface area contributed by atoms with Crippen molar-refractivity contribution >= 4 is 11.6 Å². The van der Waals surface area contributed by atoms with E-state index in [-0.39, 0.29) is 0 Å². The second-order valence-corrected chi connectivity index (χ2v) is 6.46. The Hall–Kier alpha value is -3.97. The van der Waals surface area contributed by atoms with E-state index < -0.39 is 0 Å². The van der Waals surface area contributed by atoms with Crippen molar-refractivity contribution in [2.24, 2.45) is 0 Å². The zero-order valence-corrected chi connectivity index (χ0v) is 15.4. The van der Waals surface area contributed by atoms with Crippen molar-refractivity contribution in [2.75, 3.05) is 0 Å². The molecule has 0 bridgehead atoms. The Labute approximate surface area is 164 Å². The molecule has 0 saturated heterocycles. The smallest absolute Gasteiger partial charge is 0.101 e. The fourth-order valence-electron chi connectivity index (χ4n) is 2.98. The molecule has 0 amide bonds. The van der Waals surface area contributed by atoms with Crippen LogP contribution < -0.4 is 0 Å². The van der Waals surface area contributed by atoms with Crippen LogP contribution in [0.5, 0.6) is 0 Å². The SMILES string of the molecule is Cc1ccc(-c2nn(-c3ccccc3)cc2/C=C(\C#N)c2ccccn2)cc1. The van der Waals surface area contributed by atoms with Gasteiger partial charge in [-0.05, 0) is 37.3 Å². The molecule has 4 aromatic rings. The lowest BCUT2D eigenvalue weighted by Gasteiger charge is -2.02. The summed E-state index contributed by atoms with van der Waals surface area (Å²) in [5.41, 5.74) is 6.00. The molecule has 28 heavy (non-hydrogen) atoms. The van der Waals surface area contributed by atoms with Gasteiger partial charge < -0.3 is 0 Å². The Morgan fingerprint density at radius 2 is 1.71 bits per heavy atom. The van der Waals surface area contributed by atoms with Gasteiger partial charge in [-0.2, -0.15) is 10.4 Å². The van der Waals surface area contributed by atoms with E-state index >= 15 is 0 Å². The number of hydrogen-bond acceptors (Lipinski definition) is 3. The van der Waals surface area contributed by atoms with Crippen molar-refractivity contribution in [3.8, 4) is 23.0 Å². The van der Waals surface area contributed by atoms with Gasteiger partial charge in [0.25, 0.3) is 0 Å². The number of benzene rings is 2. The summed E-state index contributed by atoms with van der Waals surface area (Å²) >= 11 is 0. The highest BCUT2D eigenvalue weighted by Gasteiger charge is 2.13. The molecule has 2 heterocycles. The summed E-state index contributed by atoms with van der Waals surface area (Å²) in [4.78, 5) is 4.31. The van der Waals surface area contributed by atoms with Crippen molar-refractivity contribution in [1.82, 2.24) is 14.8 Å². The molecule has 0 aliphatic rings. The van der Waals surface area contributed by atoms with Gasteiger partial charge in [-0.3, -0.25) is 4.98 Å². The largest absolute Gasteiger partial charge is 0.256 e. The topological polar surface area (TPSA) is 54.5 Å². The minimum Gasteiger partial charge on any atom is -0.256 e. The standard InChI is InChI=1S/C24H18N4/c1-18-10-12-19(13-11-18)24-21(15-20(16-25)23-9-5-6-14-26-23)17-28(27-24)22-7-3-2-4-8-22/h2-15,17H,1H3/b20-15+. The number of pyridine rings is 1. The zero-order chi connectivity index (χ0) is 19.3. The predicted molar refractivity (Wildman–Crippen MR) is 111 cm³/mol. The number of hydrogen-bond donors (Lipinski definition) is 0. The molecule has 0 N–H and O–H groups in total. The van der Waals surface area contributed by atoms with Gasteiger partial charge >= 0.3 is 0 Å². The Morgan fingerprint density at radius 1 is 0.964 bits per heavy atom. The molecule has 0 aliphatic heterocycles. The highest BCUT2D eigenvalue weighted by Crippen LogP contribution is 2.27. The van der Waals surface area contributed by atoms with E-state index in [9.17, 15) is 5.26 Å². The van der Waals surface area contributed by atoms with Gasteiger partial charge in [0.15, 0.2) is 0 Å². The lowest BCUT2D eigenvalue weighted by Crippen LogP contribution is -1.93. The highest BCUT2D eigenvalue weighted by molar-refractivity contribution is 5.91. The number of nitriles is 1. The molecule has 0 spiro atoms. The fourth-order valence-corrected chi connectivity index (χ4v) is 2.98. The maximum absolute atomic E-state index is 9.68. The Balaban J connectivity index is 1.87. The van der Waals surface area contributed by atoms with Gasteiger partial charge in [-0.1, -0.05) is 54.1 Å². The number of para-hydroxylation sites is 1. The molecule has 0 saturated carbocycles. The van der Waals surface area contributed by atoms with Crippen molar-refractivity contribution < 1.29 is 0 Å². The van der Waals surface area contributed by atoms with E-state index in [0.29, 0.717) is 11.3 Å². The highest BCUT2D eigenvalue weighted by atomic mass is 15.3. The Morgan fingerprint density at radius 3 is 2.39 bits per heavy atom. The van der Waals surface area contributed by atoms with Gasteiger partial charge in [-0.15, -0.1) is 0 Å². The first-order valence-corrected chi connectivity index (χ1v) is 9.00. The average molecular weight is 362 g/mol. The van der Waals surface area contributed by atoms with Gasteiger partial charge in [0.2, 0.25) is 0 Å². The first-order valence-electron chi connectivity index (χ1n) is 9.00. The number of aromatic nitrogens is 3. The van der Waals surface area contributed by atoms with Crippen molar-refractivity contribution in [2.45, 2.75) is 6.92 Å². The van der Waals surface area contributed by atoms with Crippen LogP contribution in [0.1, 0.15) is 16.8 Å². The van der Waals surface area contributed by atoms with Crippen LogP contribution in [0.4, 0.5) is 0 Å². The summed E-state index contributed by atoms with van der Waals surface area (Å²) in [7, 11) is 0.